The Morgan fingerprint density at radius 1 is 1.21 bits per heavy atom. The molecule has 1 atom stereocenters. The monoisotopic (exact) mass is 534 g/mol. The number of rotatable bonds is 7. The molecule has 0 saturated carbocycles. The summed E-state index contributed by atoms with van der Waals surface area (Å²) in [5.41, 5.74) is 2.03. The minimum absolute atomic E-state index is 0.198. The van der Waals surface area contributed by atoms with Gasteiger partial charge in [-0.25, -0.2) is 23.5 Å². The van der Waals surface area contributed by atoms with Gasteiger partial charge in [0.1, 0.15) is 5.39 Å². The number of piperazine rings is 1. The summed E-state index contributed by atoms with van der Waals surface area (Å²) in [6, 6.07) is 8.54. The first-order valence-corrected chi connectivity index (χ1v) is 14.5. The van der Waals surface area contributed by atoms with Crippen LogP contribution in [0.25, 0.3) is 16.9 Å². The highest BCUT2D eigenvalue weighted by Crippen LogP contribution is 2.23. The van der Waals surface area contributed by atoms with Crippen LogP contribution in [0, 0.1) is 0 Å². The third-order valence-corrected chi connectivity index (χ3v) is 6.60. The number of aromatic nitrogens is 6. The summed E-state index contributed by atoms with van der Waals surface area (Å²) in [6.07, 6.45) is 9.05. The highest BCUT2D eigenvalue weighted by Gasteiger charge is 2.19. The molecule has 4 aromatic rings. The maximum absolute atomic E-state index is 13.2. The second-order valence-corrected chi connectivity index (χ2v) is 11.9. The van der Waals surface area contributed by atoms with Gasteiger partial charge in [-0.15, -0.1) is 6.58 Å². The molecular formula is C25H30N10O2S. The Labute approximate surface area is 220 Å². The zero-order chi connectivity index (χ0) is 26.9. The Balaban J connectivity index is 1.51. The normalized spacial score (nSPS) is 16.0. The first-order valence-electron chi connectivity index (χ1n) is 12.2. The van der Waals surface area contributed by atoms with Gasteiger partial charge < -0.3 is 15.5 Å². The van der Waals surface area contributed by atoms with Crippen LogP contribution in [0.5, 0.6) is 0 Å². The second kappa shape index (κ2) is 10.3. The van der Waals surface area contributed by atoms with Crippen molar-refractivity contribution in [3.05, 3.63) is 65.9 Å². The standard InChI is InChI=1S/C25H30N10O2S/c1-5-11-34-24(36)20-13-28-25(29-18-6-8-19(9-7-18)33-12-10-27-17(2)16-33)31-23(20)35(34)22-15-26-14-21(30-22)32-38(3,4)37/h5-9,13-15,17,27H,1,10-12,16H2,2-4H3,(H,28,29,31). The van der Waals surface area contributed by atoms with Crippen LogP contribution < -0.4 is 21.1 Å². The predicted octanol–water partition coefficient (Wildman–Crippen LogP) is 2.46. The fraction of sp³-hybridized carbons (Fsp3) is 0.320. The van der Waals surface area contributed by atoms with Crippen LogP contribution in [0.3, 0.4) is 0 Å². The number of hydrogen-bond donors (Lipinski definition) is 2. The minimum Gasteiger partial charge on any atom is -0.369 e. The van der Waals surface area contributed by atoms with E-state index in [1.165, 1.54) is 35.8 Å². The lowest BCUT2D eigenvalue weighted by atomic mass is 10.2. The molecule has 198 valence electrons. The Bertz CT molecular complexity index is 1660. The van der Waals surface area contributed by atoms with Crippen molar-refractivity contribution in [2.45, 2.75) is 19.5 Å². The molecule has 0 amide bonds. The number of allylic oxidation sites excluding steroid dienone is 1. The van der Waals surface area contributed by atoms with E-state index >= 15 is 0 Å². The second-order valence-electron chi connectivity index (χ2n) is 9.40. The van der Waals surface area contributed by atoms with Gasteiger partial charge in [-0.3, -0.25) is 9.78 Å². The number of hydrogen-bond acceptors (Lipinski definition) is 10. The van der Waals surface area contributed by atoms with Gasteiger partial charge in [-0.2, -0.15) is 9.35 Å². The first-order chi connectivity index (χ1) is 18.2. The average Bonchev–Trinajstić information content (AvgIpc) is 3.14. The van der Waals surface area contributed by atoms with Crippen molar-refractivity contribution < 1.29 is 4.21 Å². The van der Waals surface area contributed by atoms with Gasteiger partial charge in [0.2, 0.25) is 5.95 Å². The third kappa shape index (κ3) is 5.43. The molecule has 0 aliphatic carbocycles. The summed E-state index contributed by atoms with van der Waals surface area (Å²) in [6.45, 7) is 9.03. The number of nitrogens with zero attached hydrogens (tertiary/aromatic N) is 8. The van der Waals surface area contributed by atoms with Crippen molar-refractivity contribution >= 4 is 43.9 Å². The maximum atomic E-state index is 13.2. The Morgan fingerprint density at radius 3 is 2.71 bits per heavy atom. The smallest absolute Gasteiger partial charge is 0.278 e. The van der Waals surface area contributed by atoms with Crippen LogP contribution in [-0.4, -0.2) is 71.7 Å². The average molecular weight is 535 g/mol. The SMILES string of the molecule is C=CCn1c(=O)c2cnc(Nc3ccc(N4CCNC(C)C4)cc3)nc2n1-c1cncc(N=S(C)(C)=O)n1. The topological polar surface area (TPSA) is 135 Å². The summed E-state index contributed by atoms with van der Waals surface area (Å²) in [5, 5.41) is 7.00. The molecule has 1 aliphatic heterocycles. The third-order valence-electron chi connectivity index (χ3n) is 5.97. The molecule has 0 spiro atoms. The molecular weight excluding hydrogens is 504 g/mol. The molecule has 1 aliphatic rings. The summed E-state index contributed by atoms with van der Waals surface area (Å²) >= 11 is 0. The molecule has 1 unspecified atom stereocenters. The number of benzene rings is 1. The highest BCUT2D eigenvalue weighted by atomic mass is 32.2. The van der Waals surface area contributed by atoms with E-state index in [4.69, 9.17) is 0 Å². The van der Waals surface area contributed by atoms with Gasteiger partial charge in [0, 0.05) is 65.5 Å². The Kier molecular flexibility index (Phi) is 6.95. The van der Waals surface area contributed by atoms with E-state index in [2.05, 4.69) is 65.5 Å². The van der Waals surface area contributed by atoms with E-state index in [1.54, 1.807) is 10.8 Å². The lowest BCUT2D eigenvalue weighted by Crippen LogP contribution is -2.49. The lowest BCUT2D eigenvalue weighted by Gasteiger charge is -2.33. The number of anilines is 3. The zero-order valence-electron chi connectivity index (χ0n) is 21.5. The molecule has 1 aromatic carbocycles. The number of fused-ring (bicyclic) bond motifs is 1. The van der Waals surface area contributed by atoms with Crippen molar-refractivity contribution in [1.82, 2.24) is 34.6 Å². The van der Waals surface area contributed by atoms with Gasteiger partial charge in [0.25, 0.3) is 5.56 Å². The van der Waals surface area contributed by atoms with Gasteiger partial charge >= 0.3 is 0 Å². The highest BCUT2D eigenvalue weighted by molar-refractivity contribution is 7.92. The molecule has 3 aromatic heterocycles. The molecule has 2 N–H and O–H groups in total. The fourth-order valence-corrected chi connectivity index (χ4v) is 4.92. The maximum Gasteiger partial charge on any atom is 0.278 e. The van der Waals surface area contributed by atoms with Crippen molar-refractivity contribution in [1.29, 1.82) is 0 Å². The molecule has 12 nitrogen and oxygen atoms in total. The minimum atomic E-state index is -2.45. The summed E-state index contributed by atoms with van der Waals surface area (Å²) in [5.74, 6) is 0.830. The summed E-state index contributed by atoms with van der Waals surface area (Å²) in [7, 11) is -2.45. The van der Waals surface area contributed by atoms with E-state index in [9.17, 15) is 9.00 Å². The molecule has 4 heterocycles. The van der Waals surface area contributed by atoms with Crippen molar-refractivity contribution in [2.75, 3.05) is 42.4 Å². The molecule has 0 radical (unpaired) electrons. The van der Waals surface area contributed by atoms with Crippen LogP contribution in [-0.2, 0) is 16.3 Å². The molecule has 13 heteroatoms. The molecule has 1 fully saturated rings. The van der Waals surface area contributed by atoms with Gasteiger partial charge in [0.15, 0.2) is 17.3 Å². The molecule has 38 heavy (non-hydrogen) atoms. The lowest BCUT2D eigenvalue weighted by molar-refractivity contribution is 0.485. The van der Waals surface area contributed by atoms with Crippen molar-refractivity contribution in [2.24, 2.45) is 4.36 Å². The molecule has 1 saturated heterocycles. The van der Waals surface area contributed by atoms with E-state index in [0.717, 1.165) is 31.0 Å². The van der Waals surface area contributed by atoms with Crippen LogP contribution in [0.2, 0.25) is 0 Å². The summed E-state index contributed by atoms with van der Waals surface area (Å²) < 4.78 is 19.3. The van der Waals surface area contributed by atoms with Gasteiger partial charge in [-0.1, -0.05) is 6.08 Å². The quantitative estimate of drug-likeness (QED) is 0.343. The van der Waals surface area contributed by atoms with Crippen molar-refractivity contribution in [3.8, 4) is 5.82 Å². The predicted molar refractivity (Wildman–Crippen MR) is 150 cm³/mol. The number of nitrogens with one attached hydrogen (secondary N) is 2. The van der Waals surface area contributed by atoms with Crippen LogP contribution in [0.4, 0.5) is 23.1 Å². The van der Waals surface area contributed by atoms with Crippen LogP contribution >= 0.6 is 0 Å². The summed E-state index contributed by atoms with van der Waals surface area (Å²) in [4.78, 5) is 33.2. The largest absolute Gasteiger partial charge is 0.369 e. The van der Waals surface area contributed by atoms with E-state index < -0.39 is 9.73 Å². The molecule has 0 bridgehead atoms. The molecule has 5 rings (SSSR count). The Hall–Kier alpha value is -4.10. The van der Waals surface area contributed by atoms with Crippen LogP contribution in [0.15, 0.2) is 64.7 Å². The Morgan fingerprint density at radius 2 is 2.00 bits per heavy atom. The van der Waals surface area contributed by atoms with Gasteiger partial charge in [-0.05, 0) is 31.2 Å². The first kappa shape index (κ1) is 25.5. The van der Waals surface area contributed by atoms with E-state index in [-0.39, 0.29) is 17.9 Å². The van der Waals surface area contributed by atoms with Gasteiger partial charge in [0.05, 0.1) is 18.9 Å². The van der Waals surface area contributed by atoms with E-state index in [1.807, 2.05) is 12.1 Å². The van der Waals surface area contributed by atoms with Crippen molar-refractivity contribution in [3.63, 3.8) is 0 Å². The van der Waals surface area contributed by atoms with E-state index in [0.29, 0.717) is 28.8 Å². The zero-order valence-corrected chi connectivity index (χ0v) is 22.4. The fourth-order valence-electron chi connectivity index (χ4n) is 4.38. The van der Waals surface area contributed by atoms with Crippen LogP contribution in [0.1, 0.15) is 6.92 Å².